The molecule has 3 saturated carbocycles. The molecule has 19 heavy (non-hydrogen) atoms. The highest BCUT2D eigenvalue weighted by Gasteiger charge is 2.56. The summed E-state index contributed by atoms with van der Waals surface area (Å²) in [5.74, 6) is 2.23. The fourth-order valence-corrected chi connectivity index (χ4v) is 4.18. The molecule has 2 heteroatoms. The molecule has 1 aromatic carbocycles. The van der Waals surface area contributed by atoms with Crippen molar-refractivity contribution in [1.29, 1.82) is 0 Å². The molecule has 0 saturated heterocycles. The van der Waals surface area contributed by atoms with Gasteiger partial charge < -0.3 is 5.32 Å². The van der Waals surface area contributed by atoms with Crippen LogP contribution in [0.25, 0.3) is 0 Å². The largest absolute Gasteiger partial charge is 0.349 e. The number of fused-ring (bicyclic) bond motifs is 2. The van der Waals surface area contributed by atoms with Crippen LogP contribution in [0.4, 0.5) is 0 Å². The Labute approximate surface area is 115 Å². The lowest BCUT2D eigenvalue weighted by Gasteiger charge is -2.62. The van der Waals surface area contributed by atoms with Crippen LogP contribution in [0.2, 0.25) is 0 Å². The van der Waals surface area contributed by atoms with Crippen molar-refractivity contribution < 1.29 is 4.79 Å². The average Bonchev–Trinajstić information content (AvgIpc) is 2.41. The average molecular weight is 257 g/mol. The van der Waals surface area contributed by atoms with Crippen LogP contribution < -0.4 is 5.32 Å². The maximum Gasteiger partial charge on any atom is 0.251 e. The summed E-state index contributed by atoms with van der Waals surface area (Å²) in [6.07, 6.45) is 2.50. The second-order valence-electron chi connectivity index (χ2n) is 6.90. The second-order valence-corrected chi connectivity index (χ2v) is 6.90. The summed E-state index contributed by atoms with van der Waals surface area (Å²) in [6.45, 7) is 7.08. The molecule has 3 aliphatic rings. The van der Waals surface area contributed by atoms with E-state index in [4.69, 9.17) is 0 Å². The lowest BCUT2D eigenvalue weighted by atomic mass is 9.45. The minimum absolute atomic E-state index is 0.0801. The first-order valence-corrected chi connectivity index (χ1v) is 7.36. The van der Waals surface area contributed by atoms with Crippen LogP contribution in [-0.2, 0) is 0 Å². The second kappa shape index (κ2) is 4.36. The van der Waals surface area contributed by atoms with Crippen molar-refractivity contribution in [3.8, 4) is 0 Å². The van der Waals surface area contributed by atoms with Crippen molar-refractivity contribution in [3.05, 3.63) is 35.9 Å². The highest BCUT2D eigenvalue weighted by Crippen LogP contribution is 2.61. The molecule has 0 aromatic heterocycles. The molecule has 1 N–H and O–H groups in total. The predicted molar refractivity (Wildman–Crippen MR) is 76.9 cm³/mol. The molecule has 102 valence electrons. The van der Waals surface area contributed by atoms with Crippen LogP contribution in [0.15, 0.2) is 30.3 Å². The topological polar surface area (TPSA) is 29.1 Å². The first kappa shape index (κ1) is 12.7. The third kappa shape index (κ3) is 1.98. The van der Waals surface area contributed by atoms with Crippen molar-refractivity contribution in [2.45, 2.75) is 39.7 Å². The number of hydrogen-bond donors (Lipinski definition) is 1. The molecule has 3 aliphatic carbocycles. The standard InChI is InChI=1S/C17H23NO/c1-11-14-9-13(17(14,2)3)10-15(11)18-16(19)12-7-5-4-6-8-12/h4-8,11,13-15H,9-10H2,1-3H3,(H,18,19)/t11-,13-,14-,15-/m0/s1. The molecule has 0 aliphatic heterocycles. The molecule has 0 heterocycles. The van der Waals surface area contributed by atoms with Gasteiger partial charge in [0, 0.05) is 11.6 Å². The minimum atomic E-state index is 0.0801. The number of hydrogen-bond acceptors (Lipinski definition) is 1. The van der Waals surface area contributed by atoms with Gasteiger partial charge in [-0.05, 0) is 48.1 Å². The Morgan fingerprint density at radius 2 is 1.89 bits per heavy atom. The summed E-state index contributed by atoms with van der Waals surface area (Å²) in [5.41, 5.74) is 1.25. The lowest BCUT2D eigenvalue weighted by Crippen LogP contribution is -2.60. The van der Waals surface area contributed by atoms with Gasteiger partial charge in [-0.15, -0.1) is 0 Å². The van der Waals surface area contributed by atoms with E-state index < -0.39 is 0 Å². The smallest absolute Gasteiger partial charge is 0.251 e. The minimum Gasteiger partial charge on any atom is -0.349 e. The molecule has 2 nitrogen and oxygen atoms in total. The Hall–Kier alpha value is -1.31. The third-order valence-corrected chi connectivity index (χ3v) is 5.71. The third-order valence-electron chi connectivity index (χ3n) is 5.71. The van der Waals surface area contributed by atoms with E-state index in [1.165, 1.54) is 6.42 Å². The molecule has 2 bridgehead atoms. The highest BCUT2D eigenvalue weighted by molar-refractivity contribution is 5.94. The van der Waals surface area contributed by atoms with E-state index in [2.05, 4.69) is 26.1 Å². The van der Waals surface area contributed by atoms with Crippen LogP contribution in [0.5, 0.6) is 0 Å². The van der Waals surface area contributed by atoms with Crippen molar-refractivity contribution >= 4 is 5.91 Å². The molecule has 4 atom stereocenters. The fourth-order valence-electron chi connectivity index (χ4n) is 4.18. The maximum atomic E-state index is 12.2. The van der Waals surface area contributed by atoms with Gasteiger partial charge in [0.05, 0.1) is 0 Å². The van der Waals surface area contributed by atoms with Crippen molar-refractivity contribution in [1.82, 2.24) is 5.32 Å². The predicted octanol–water partition coefficient (Wildman–Crippen LogP) is 3.49. The van der Waals surface area contributed by atoms with Crippen LogP contribution in [0, 0.1) is 23.2 Å². The SMILES string of the molecule is C[C@@H]1[C@@H](NC(=O)c2ccccc2)C[C@@H]2C[C@@H]1C2(C)C. The molecular weight excluding hydrogens is 234 g/mol. The van der Waals surface area contributed by atoms with Gasteiger partial charge in [0.2, 0.25) is 0 Å². The van der Waals surface area contributed by atoms with Crippen molar-refractivity contribution in [2.24, 2.45) is 23.2 Å². The summed E-state index contributed by atoms with van der Waals surface area (Å²) < 4.78 is 0. The van der Waals surface area contributed by atoms with Gasteiger partial charge in [0.25, 0.3) is 5.91 Å². The van der Waals surface area contributed by atoms with Gasteiger partial charge in [0.15, 0.2) is 0 Å². The van der Waals surface area contributed by atoms with E-state index in [9.17, 15) is 4.79 Å². The normalized spacial score (nSPS) is 35.3. The molecule has 0 unspecified atom stereocenters. The van der Waals surface area contributed by atoms with Gasteiger partial charge in [-0.25, -0.2) is 0 Å². The van der Waals surface area contributed by atoms with Gasteiger partial charge in [0.1, 0.15) is 0 Å². The number of carbonyl (C=O) groups excluding carboxylic acids is 1. The van der Waals surface area contributed by atoms with Gasteiger partial charge in [-0.3, -0.25) is 4.79 Å². The summed E-state index contributed by atoms with van der Waals surface area (Å²) >= 11 is 0. The van der Waals surface area contributed by atoms with Crippen molar-refractivity contribution in [3.63, 3.8) is 0 Å². The van der Waals surface area contributed by atoms with Gasteiger partial charge in [-0.1, -0.05) is 39.0 Å². The number of carbonyl (C=O) groups is 1. The van der Waals surface area contributed by atoms with Crippen LogP contribution >= 0.6 is 0 Å². The molecule has 1 amide bonds. The van der Waals surface area contributed by atoms with E-state index in [-0.39, 0.29) is 5.91 Å². The Bertz CT molecular complexity index is 479. The zero-order valence-electron chi connectivity index (χ0n) is 12.0. The van der Waals surface area contributed by atoms with E-state index in [1.54, 1.807) is 0 Å². The zero-order chi connectivity index (χ0) is 13.6. The van der Waals surface area contributed by atoms with E-state index in [0.29, 0.717) is 17.4 Å². The monoisotopic (exact) mass is 257 g/mol. The van der Waals surface area contributed by atoms with Crippen LogP contribution in [0.1, 0.15) is 44.0 Å². The lowest BCUT2D eigenvalue weighted by molar-refractivity contribution is -0.113. The fraction of sp³-hybridized carbons (Fsp3) is 0.588. The van der Waals surface area contributed by atoms with Gasteiger partial charge >= 0.3 is 0 Å². The Balaban J connectivity index is 1.68. The number of rotatable bonds is 2. The Morgan fingerprint density at radius 1 is 1.21 bits per heavy atom. The van der Waals surface area contributed by atoms with E-state index in [1.807, 2.05) is 30.3 Å². The maximum absolute atomic E-state index is 12.2. The Morgan fingerprint density at radius 3 is 2.47 bits per heavy atom. The summed E-state index contributed by atoms with van der Waals surface area (Å²) in [5, 5.41) is 3.24. The molecular formula is C17H23NO. The summed E-state index contributed by atoms with van der Waals surface area (Å²) in [7, 11) is 0. The first-order valence-electron chi connectivity index (χ1n) is 7.36. The Kier molecular flexibility index (Phi) is 2.92. The molecule has 4 rings (SSSR count). The quantitative estimate of drug-likeness (QED) is 0.863. The molecule has 3 fully saturated rings. The first-order chi connectivity index (χ1) is 9.00. The van der Waals surface area contributed by atoms with E-state index >= 15 is 0 Å². The number of amides is 1. The molecule has 1 aromatic rings. The van der Waals surface area contributed by atoms with Gasteiger partial charge in [-0.2, -0.15) is 0 Å². The summed E-state index contributed by atoms with van der Waals surface area (Å²) in [4.78, 5) is 12.2. The highest BCUT2D eigenvalue weighted by atomic mass is 16.1. The van der Waals surface area contributed by atoms with E-state index in [0.717, 1.165) is 23.8 Å². The van der Waals surface area contributed by atoms with Crippen LogP contribution in [0.3, 0.4) is 0 Å². The molecule has 0 radical (unpaired) electrons. The van der Waals surface area contributed by atoms with Crippen LogP contribution in [-0.4, -0.2) is 11.9 Å². The number of benzene rings is 1. The summed E-state index contributed by atoms with van der Waals surface area (Å²) in [6, 6.07) is 9.89. The zero-order valence-corrected chi connectivity index (χ0v) is 12.0. The number of nitrogens with one attached hydrogen (secondary N) is 1. The van der Waals surface area contributed by atoms with Crippen molar-refractivity contribution in [2.75, 3.05) is 0 Å². The molecule has 0 spiro atoms.